The summed E-state index contributed by atoms with van der Waals surface area (Å²) in [5, 5.41) is 3.36. The summed E-state index contributed by atoms with van der Waals surface area (Å²) in [5.41, 5.74) is 0.509. The molecule has 0 saturated carbocycles. The Labute approximate surface area is 128 Å². The van der Waals surface area contributed by atoms with Crippen molar-refractivity contribution in [2.24, 2.45) is 0 Å². The molecule has 0 saturated heterocycles. The van der Waals surface area contributed by atoms with E-state index in [-0.39, 0.29) is 5.91 Å². The first-order chi connectivity index (χ1) is 9.10. The van der Waals surface area contributed by atoms with Crippen LogP contribution in [-0.2, 0) is 0 Å². The van der Waals surface area contributed by atoms with Gasteiger partial charge in [0.05, 0.1) is 10.6 Å². The van der Waals surface area contributed by atoms with E-state index in [0.29, 0.717) is 17.1 Å². The summed E-state index contributed by atoms with van der Waals surface area (Å²) in [5.74, 6) is -0.126. The Morgan fingerprint density at radius 1 is 1.37 bits per heavy atom. The smallest absolute Gasteiger partial charge is 0.252 e. The number of amides is 1. The van der Waals surface area contributed by atoms with Crippen LogP contribution in [-0.4, -0.2) is 37.0 Å². The standard InChI is InChI=1S/C14H20BrClN2O/c1-3-9-18(4-2)10-8-17-14(19)11-6-5-7-12(15)13(11)16/h5-7H,3-4,8-10H2,1-2H3,(H,17,19). The summed E-state index contributed by atoms with van der Waals surface area (Å²) >= 11 is 9.41. The van der Waals surface area contributed by atoms with Gasteiger partial charge in [-0.05, 0) is 47.6 Å². The Balaban J connectivity index is 2.49. The van der Waals surface area contributed by atoms with Crippen molar-refractivity contribution in [3.63, 3.8) is 0 Å². The Kier molecular flexibility index (Phi) is 7.42. The van der Waals surface area contributed by atoms with Crippen LogP contribution in [0.25, 0.3) is 0 Å². The maximum absolute atomic E-state index is 12.0. The van der Waals surface area contributed by atoms with Crippen LogP contribution in [0, 0.1) is 0 Å². The number of hydrogen-bond donors (Lipinski definition) is 1. The van der Waals surface area contributed by atoms with Crippen LogP contribution in [0.15, 0.2) is 22.7 Å². The van der Waals surface area contributed by atoms with E-state index in [2.05, 4.69) is 40.0 Å². The van der Waals surface area contributed by atoms with Gasteiger partial charge in [-0.15, -0.1) is 0 Å². The molecular weight excluding hydrogens is 328 g/mol. The van der Waals surface area contributed by atoms with Crippen LogP contribution >= 0.6 is 27.5 Å². The average Bonchev–Trinajstić information content (AvgIpc) is 2.40. The summed E-state index contributed by atoms with van der Waals surface area (Å²) in [4.78, 5) is 14.3. The highest BCUT2D eigenvalue weighted by Gasteiger charge is 2.12. The van der Waals surface area contributed by atoms with E-state index in [1.165, 1.54) is 0 Å². The number of carbonyl (C=O) groups is 1. The van der Waals surface area contributed by atoms with Gasteiger partial charge in [0.15, 0.2) is 0 Å². The van der Waals surface area contributed by atoms with Crippen molar-refractivity contribution in [3.05, 3.63) is 33.3 Å². The second-order valence-corrected chi connectivity index (χ2v) is 5.52. The van der Waals surface area contributed by atoms with Crippen molar-refractivity contribution < 1.29 is 4.79 Å². The first kappa shape index (κ1) is 16.5. The molecule has 0 aliphatic rings. The first-order valence-electron chi connectivity index (χ1n) is 6.54. The maximum atomic E-state index is 12.0. The molecule has 5 heteroatoms. The van der Waals surface area contributed by atoms with E-state index in [9.17, 15) is 4.79 Å². The zero-order valence-electron chi connectivity index (χ0n) is 11.4. The topological polar surface area (TPSA) is 32.3 Å². The van der Waals surface area contributed by atoms with Gasteiger partial charge in [0.1, 0.15) is 0 Å². The number of rotatable bonds is 7. The van der Waals surface area contributed by atoms with Crippen molar-refractivity contribution in [2.75, 3.05) is 26.2 Å². The van der Waals surface area contributed by atoms with E-state index in [1.807, 2.05) is 6.07 Å². The van der Waals surface area contributed by atoms with Crippen LogP contribution in [0.1, 0.15) is 30.6 Å². The zero-order valence-corrected chi connectivity index (χ0v) is 13.7. The van der Waals surface area contributed by atoms with Gasteiger partial charge >= 0.3 is 0 Å². The molecule has 0 bridgehead atoms. The monoisotopic (exact) mass is 346 g/mol. The third-order valence-electron chi connectivity index (χ3n) is 2.90. The molecule has 0 atom stereocenters. The number of hydrogen-bond acceptors (Lipinski definition) is 2. The van der Waals surface area contributed by atoms with Crippen LogP contribution in [0.2, 0.25) is 5.02 Å². The molecule has 106 valence electrons. The molecule has 0 fully saturated rings. The molecule has 0 heterocycles. The molecule has 0 radical (unpaired) electrons. The molecule has 1 amide bonds. The number of carbonyl (C=O) groups excluding carboxylic acids is 1. The second kappa shape index (κ2) is 8.56. The summed E-state index contributed by atoms with van der Waals surface area (Å²) in [6, 6.07) is 5.35. The minimum Gasteiger partial charge on any atom is -0.351 e. The van der Waals surface area contributed by atoms with E-state index < -0.39 is 0 Å². The third kappa shape index (κ3) is 5.13. The molecule has 0 unspecified atom stereocenters. The molecule has 0 aliphatic carbocycles. The van der Waals surface area contributed by atoms with Crippen molar-refractivity contribution in [1.29, 1.82) is 0 Å². The van der Waals surface area contributed by atoms with Crippen LogP contribution in [0.4, 0.5) is 0 Å². The largest absolute Gasteiger partial charge is 0.351 e. The molecule has 1 aromatic carbocycles. The predicted molar refractivity (Wildman–Crippen MR) is 83.9 cm³/mol. The fraction of sp³-hybridized carbons (Fsp3) is 0.500. The number of halogens is 2. The van der Waals surface area contributed by atoms with E-state index in [1.54, 1.807) is 12.1 Å². The third-order valence-corrected chi connectivity index (χ3v) is 4.19. The lowest BCUT2D eigenvalue weighted by Gasteiger charge is -2.19. The van der Waals surface area contributed by atoms with Crippen LogP contribution < -0.4 is 5.32 Å². The minimum atomic E-state index is -0.126. The Hall–Kier alpha value is -0.580. The zero-order chi connectivity index (χ0) is 14.3. The first-order valence-corrected chi connectivity index (χ1v) is 7.71. The predicted octanol–water partition coefficient (Wildman–Crippen LogP) is 3.56. The fourth-order valence-corrected chi connectivity index (χ4v) is 2.42. The molecular formula is C14H20BrClN2O. The SMILES string of the molecule is CCCN(CC)CCNC(=O)c1cccc(Br)c1Cl. The number of likely N-dealkylation sites (N-methyl/N-ethyl adjacent to an activating group) is 1. The van der Waals surface area contributed by atoms with Gasteiger partial charge in [-0.2, -0.15) is 0 Å². The van der Waals surface area contributed by atoms with Gasteiger partial charge in [-0.3, -0.25) is 4.79 Å². The van der Waals surface area contributed by atoms with Gasteiger partial charge in [-0.25, -0.2) is 0 Å². The summed E-state index contributed by atoms with van der Waals surface area (Å²) in [6.45, 7) is 7.84. The van der Waals surface area contributed by atoms with Gasteiger partial charge in [0, 0.05) is 17.6 Å². The Morgan fingerprint density at radius 2 is 2.11 bits per heavy atom. The molecule has 1 N–H and O–H groups in total. The highest BCUT2D eigenvalue weighted by atomic mass is 79.9. The van der Waals surface area contributed by atoms with Crippen molar-refractivity contribution in [1.82, 2.24) is 10.2 Å². The van der Waals surface area contributed by atoms with Crippen LogP contribution in [0.3, 0.4) is 0 Å². The lowest BCUT2D eigenvalue weighted by molar-refractivity contribution is 0.0948. The van der Waals surface area contributed by atoms with Crippen molar-refractivity contribution in [2.45, 2.75) is 20.3 Å². The normalized spacial score (nSPS) is 10.8. The van der Waals surface area contributed by atoms with Gasteiger partial charge in [0.2, 0.25) is 0 Å². The molecule has 0 aliphatic heterocycles. The van der Waals surface area contributed by atoms with E-state index in [0.717, 1.165) is 30.5 Å². The summed E-state index contributed by atoms with van der Waals surface area (Å²) in [6.07, 6.45) is 1.12. The Morgan fingerprint density at radius 3 is 2.74 bits per heavy atom. The molecule has 1 rings (SSSR count). The number of benzene rings is 1. The lowest BCUT2D eigenvalue weighted by atomic mass is 10.2. The highest BCUT2D eigenvalue weighted by molar-refractivity contribution is 9.10. The van der Waals surface area contributed by atoms with Gasteiger partial charge in [0.25, 0.3) is 5.91 Å². The Bertz CT molecular complexity index is 426. The quantitative estimate of drug-likeness (QED) is 0.818. The lowest BCUT2D eigenvalue weighted by Crippen LogP contribution is -2.35. The van der Waals surface area contributed by atoms with Crippen molar-refractivity contribution >= 4 is 33.4 Å². The number of nitrogens with one attached hydrogen (secondary N) is 1. The molecule has 0 aromatic heterocycles. The molecule has 1 aromatic rings. The maximum Gasteiger partial charge on any atom is 0.252 e. The molecule has 3 nitrogen and oxygen atoms in total. The average molecular weight is 348 g/mol. The highest BCUT2D eigenvalue weighted by Crippen LogP contribution is 2.25. The van der Waals surface area contributed by atoms with Gasteiger partial charge in [-0.1, -0.05) is 31.5 Å². The number of nitrogens with zero attached hydrogens (tertiary/aromatic N) is 1. The second-order valence-electron chi connectivity index (χ2n) is 4.29. The molecule has 0 spiro atoms. The van der Waals surface area contributed by atoms with E-state index >= 15 is 0 Å². The van der Waals surface area contributed by atoms with Crippen LogP contribution in [0.5, 0.6) is 0 Å². The minimum absolute atomic E-state index is 0.126. The van der Waals surface area contributed by atoms with E-state index in [4.69, 9.17) is 11.6 Å². The summed E-state index contributed by atoms with van der Waals surface area (Å²) in [7, 11) is 0. The summed E-state index contributed by atoms with van der Waals surface area (Å²) < 4.78 is 0.739. The van der Waals surface area contributed by atoms with Gasteiger partial charge < -0.3 is 10.2 Å². The van der Waals surface area contributed by atoms with Crippen molar-refractivity contribution in [3.8, 4) is 0 Å². The molecule has 19 heavy (non-hydrogen) atoms. The fourth-order valence-electron chi connectivity index (χ4n) is 1.85.